The summed E-state index contributed by atoms with van der Waals surface area (Å²) in [5.41, 5.74) is 6.73. The van der Waals surface area contributed by atoms with Crippen LogP contribution >= 0.6 is 0 Å². The first kappa shape index (κ1) is 17.7. The van der Waals surface area contributed by atoms with Crippen molar-refractivity contribution in [2.24, 2.45) is 7.05 Å². The van der Waals surface area contributed by atoms with Crippen molar-refractivity contribution in [2.45, 2.75) is 40.0 Å². The summed E-state index contributed by atoms with van der Waals surface area (Å²) in [5, 5.41) is 5.22. The Bertz CT molecular complexity index is 1180. The number of pyridine rings is 1. The molecule has 27 heavy (non-hydrogen) atoms. The molecule has 0 saturated heterocycles. The predicted molar refractivity (Wildman–Crippen MR) is 116 cm³/mol. The van der Waals surface area contributed by atoms with Gasteiger partial charge in [-0.25, -0.2) is 0 Å². The quantitative estimate of drug-likeness (QED) is 0.348. The van der Waals surface area contributed by atoms with Gasteiger partial charge in [-0.2, -0.15) is 4.57 Å². The Morgan fingerprint density at radius 2 is 1.41 bits per heavy atom. The van der Waals surface area contributed by atoms with Gasteiger partial charge in [-0.1, -0.05) is 63.2 Å². The molecule has 0 fully saturated rings. The number of benzene rings is 3. The first-order valence-electron chi connectivity index (χ1n) is 9.69. The maximum absolute atomic E-state index is 2.36. The molecule has 0 atom stereocenters. The molecule has 1 heterocycles. The average Bonchev–Trinajstić information content (AvgIpc) is 2.61. The number of fused-ring (bicyclic) bond motifs is 2. The summed E-state index contributed by atoms with van der Waals surface area (Å²) in [4.78, 5) is 0. The number of rotatable bonds is 1. The van der Waals surface area contributed by atoms with E-state index in [1.54, 1.807) is 0 Å². The smallest absolute Gasteiger partial charge is 0.198 e. The number of aromatic nitrogens is 1. The highest BCUT2D eigenvalue weighted by molar-refractivity contribution is 5.97. The lowest BCUT2D eigenvalue weighted by Gasteiger charge is -2.20. The van der Waals surface area contributed by atoms with Crippen LogP contribution in [0.4, 0.5) is 0 Å². The Balaban J connectivity index is 2.07. The molecule has 1 heteroatoms. The molecule has 0 bridgehead atoms. The van der Waals surface area contributed by atoms with Gasteiger partial charge in [-0.05, 0) is 51.8 Å². The molecule has 0 aliphatic carbocycles. The molecule has 0 saturated carbocycles. The molecule has 0 aliphatic heterocycles. The van der Waals surface area contributed by atoms with E-state index in [4.69, 9.17) is 0 Å². The fraction of sp³-hybridized carbons (Fsp3) is 0.269. The lowest BCUT2D eigenvalue weighted by atomic mass is 9.85. The highest BCUT2D eigenvalue weighted by atomic mass is 14.9. The highest BCUT2D eigenvalue weighted by Gasteiger charge is 2.22. The van der Waals surface area contributed by atoms with Crippen LogP contribution in [0.5, 0.6) is 0 Å². The van der Waals surface area contributed by atoms with Gasteiger partial charge in [0.1, 0.15) is 7.05 Å². The minimum Gasteiger partial charge on any atom is -0.198 e. The van der Waals surface area contributed by atoms with Crippen LogP contribution in [0, 0.1) is 13.8 Å². The second-order valence-electron chi connectivity index (χ2n) is 8.76. The van der Waals surface area contributed by atoms with Crippen molar-refractivity contribution >= 4 is 21.5 Å². The van der Waals surface area contributed by atoms with E-state index in [1.807, 2.05) is 0 Å². The molecule has 4 aromatic rings. The van der Waals surface area contributed by atoms with E-state index >= 15 is 0 Å². The Kier molecular flexibility index (Phi) is 4.07. The number of aryl methyl sites for hydroxylation is 2. The van der Waals surface area contributed by atoms with Crippen molar-refractivity contribution in [3.05, 3.63) is 77.5 Å². The van der Waals surface area contributed by atoms with Crippen LogP contribution in [0.1, 0.15) is 37.6 Å². The Hall–Kier alpha value is -2.67. The molecule has 0 spiro atoms. The van der Waals surface area contributed by atoms with Crippen LogP contribution in [0.15, 0.2) is 60.7 Å². The predicted octanol–water partition coefficient (Wildman–Crippen LogP) is 6.40. The van der Waals surface area contributed by atoms with Crippen LogP contribution < -0.4 is 4.57 Å². The third-order valence-corrected chi connectivity index (χ3v) is 5.75. The summed E-state index contributed by atoms with van der Waals surface area (Å²) >= 11 is 0. The maximum atomic E-state index is 2.36. The summed E-state index contributed by atoms with van der Waals surface area (Å²) in [7, 11) is 2.18. The molecule has 0 N–H and O–H groups in total. The zero-order chi connectivity index (χ0) is 19.3. The largest absolute Gasteiger partial charge is 0.220 e. The first-order chi connectivity index (χ1) is 12.8. The fourth-order valence-electron chi connectivity index (χ4n) is 3.98. The topological polar surface area (TPSA) is 3.88 Å². The van der Waals surface area contributed by atoms with Gasteiger partial charge in [0.2, 0.25) is 5.69 Å². The van der Waals surface area contributed by atoms with Crippen molar-refractivity contribution in [2.75, 3.05) is 0 Å². The van der Waals surface area contributed by atoms with Crippen LogP contribution in [-0.2, 0) is 12.5 Å². The van der Waals surface area contributed by atoms with Crippen molar-refractivity contribution in [3.63, 3.8) is 0 Å². The van der Waals surface area contributed by atoms with E-state index in [2.05, 4.69) is 107 Å². The monoisotopic (exact) mass is 354 g/mol. The van der Waals surface area contributed by atoms with Crippen LogP contribution in [0.3, 0.4) is 0 Å². The fourth-order valence-corrected chi connectivity index (χ4v) is 3.98. The van der Waals surface area contributed by atoms with E-state index in [9.17, 15) is 0 Å². The second-order valence-corrected chi connectivity index (χ2v) is 8.76. The van der Waals surface area contributed by atoms with Crippen LogP contribution in [0.2, 0.25) is 0 Å². The van der Waals surface area contributed by atoms with Crippen molar-refractivity contribution in [1.82, 2.24) is 0 Å². The van der Waals surface area contributed by atoms with Gasteiger partial charge < -0.3 is 0 Å². The minimum atomic E-state index is 0.152. The third kappa shape index (κ3) is 3.02. The average molecular weight is 355 g/mol. The van der Waals surface area contributed by atoms with Crippen molar-refractivity contribution in [1.29, 1.82) is 0 Å². The van der Waals surface area contributed by atoms with Crippen LogP contribution in [-0.4, -0.2) is 0 Å². The summed E-state index contributed by atoms with van der Waals surface area (Å²) < 4.78 is 2.33. The van der Waals surface area contributed by atoms with Gasteiger partial charge >= 0.3 is 0 Å². The molecule has 4 rings (SSSR count). The molecular weight excluding hydrogens is 326 g/mol. The summed E-state index contributed by atoms with van der Waals surface area (Å²) in [6.07, 6.45) is 0. The standard InChI is InChI=1S/C26H28N/c1-17-13-19-9-7-8-10-20(19)16-24(17)25-23-12-11-22(26(3,4)5)15-21(23)14-18(2)27(25)6/h7-16H,1-6H3/q+1. The summed E-state index contributed by atoms with van der Waals surface area (Å²) in [6, 6.07) is 22.5. The molecular formula is C26H28N+. The van der Waals surface area contributed by atoms with Gasteiger partial charge in [0, 0.05) is 13.0 Å². The maximum Gasteiger partial charge on any atom is 0.220 e. The molecule has 0 aliphatic rings. The van der Waals surface area contributed by atoms with Crippen molar-refractivity contribution < 1.29 is 4.57 Å². The zero-order valence-electron chi connectivity index (χ0n) is 17.2. The van der Waals surface area contributed by atoms with Crippen LogP contribution in [0.25, 0.3) is 32.8 Å². The number of hydrogen-bond acceptors (Lipinski definition) is 0. The Morgan fingerprint density at radius 1 is 0.741 bits per heavy atom. The molecule has 0 amide bonds. The third-order valence-electron chi connectivity index (χ3n) is 5.75. The number of nitrogens with zero attached hydrogens (tertiary/aromatic N) is 1. The number of hydrogen-bond donors (Lipinski definition) is 0. The molecule has 0 radical (unpaired) electrons. The lowest BCUT2D eigenvalue weighted by molar-refractivity contribution is -0.665. The van der Waals surface area contributed by atoms with Gasteiger partial charge in [0.05, 0.1) is 10.9 Å². The molecule has 3 aromatic carbocycles. The van der Waals surface area contributed by atoms with Crippen molar-refractivity contribution in [3.8, 4) is 11.3 Å². The Labute approximate surface area is 162 Å². The summed E-state index contributed by atoms with van der Waals surface area (Å²) in [5.74, 6) is 0. The van der Waals surface area contributed by atoms with Gasteiger partial charge in [0.25, 0.3) is 0 Å². The molecule has 0 unspecified atom stereocenters. The van der Waals surface area contributed by atoms with Gasteiger partial charge in [-0.3, -0.25) is 0 Å². The minimum absolute atomic E-state index is 0.152. The molecule has 136 valence electrons. The van der Waals surface area contributed by atoms with E-state index in [0.717, 1.165) is 0 Å². The first-order valence-corrected chi connectivity index (χ1v) is 9.69. The Morgan fingerprint density at radius 3 is 2.07 bits per heavy atom. The SMILES string of the molecule is Cc1cc2ccccc2cc1-c1c2ccc(C(C)(C)C)cc2cc(C)[n+]1C. The zero-order valence-corrected chi connectivity index (χ0v) is 17.2. The highest BCUT2D eigenvalue weighted by Crippen LogP contribution is 2.34. The van der Waals surface area contributed by atoms with E-state index in [-0.39, 0.29) is 5.41 Å². The van der Waals surface area contributed by atoms with E-state index in [0.29, 0.717) is 0 Å². The van der Waals surface area contributed by atoms with E-state index < -0.39 is 0 Å². The summed E-state index contributed by atoms with van der Waals surface area (Å²) in [6.45, 7) is 11.2. The van der Waals surface area contributed by atoms with Gasteiger partial charge in [-0.15, -0.1) is 0 Å². The van der Waals surface area contributed by atoms with E-state index in [1.165, 1.54) is 49.6 Å². The normalized spacial score (nSPS) is 12.1. The second kappa shape index (κ2) is 6.20. The van der Waals surface area contributed by atoms with Gasteiger partial charge in [0.15, 0.2) is 5.69 Å². The lowest BCUT2D eigenvalue weighted by Crippen LogP contribution is -2.35. The molecule has 1 aromatic heterocycles. The molecule has 1 nitrogen and oxygen atoms in total.